The molecule has 0 unspecified atom stereocenters. The van der Waals surface area contributed by atoms with E-state index in [0.29, 0.717) is 5.02 Å². The van der Waals surface area contributed by atoms with Gasteiger partial charge in [-0.25, -0.2) is 0 Å². The molecule has 1 spiro atoms. The molecule has 1 aromatic rings. The van der Waals surface area contributed by atoms with Crippen LogP contribution in [0.4, 0.5) is 5.69 Å². The quantitative estimate of drug-likeness (QED) is 0.771. The average Bonchev–Trinajstić information content (AvgIpc) is 2.74. The number of anilines is 1. The van der Waals surface area contributed by atoms with Crippen molar-refractivity contribution in [2.75, 3.05) is 11.1 Å². The first-order valence-electron chi connectivity index (χ1n) is 5.94. The van der Waals surface area contributed by atoms with Gasteiger partial charge in [-0.2, -0.15) is 0 Å². The van der Waals surface area contributed by atoms with E-state index in [1.165, 1.54) is 0 Å². The van der Waals surface area contributed by atoms with Crippen molar-refractivity contribution in [2.24, 2.45) is 5.41 Å². The van der Waals surface area contributed by atoms with Gasteiger partial charge in [-0.05, 0) is 25.0 Å². The first-order chi connectivity index (χ1) is 8.21. The molecule has 90 valence electrons. The summed E-state index contributed by atoms with van der Waals surface area (Å²) in [6.07, 6.45) is 4.35. The zero-order valence-corrected chi connectivity index (χ0v) is 11.0. The van der Waals surface area contributed by atoms with Gasteiger partial charge < -0.3 is 5.32 Å². The molecule has 1 aliphatic heterocycles. The van der Waals surface area contributed by atoms with Crippen LogP contribution in [0.15, 0.2) is 23.1 Å². The molecule has 4 heteroatoms. The summed E-state index contributed by atoms with van der Waals surface area (Å²) in [7, 11) is 0. The summed E-state index contributed by atoms with van der Waals surface area (Å²) in [6, 6.07) is 5.79. The fourth-order valence-corrected chi connectivity index (χ4v) is 4.31. The Morgan fingerprint density at radius 1 is 1.29 bits per heavy atom. The molecule has 0 atom stereocenters. The van der Waals surface area contributed by atoms with E-state index in [4.69, 9.17) is 11.6 Å². The third kappa shape index (κ3) is 1.85. The van der Waals surface area contributed by atoms with Gasteiger partial charge in [0.25, 0.3) is 0 Å². The highest BCUT2D eigenvalue weighted by Gasteiger charge is 2.43. The van der Waals surface area contributed by atoms with E-state index in [-0.39, 0.29) is 11.3 Å². The Labute approximate surface area is 110 Å². The lowest BCUT2D eigenvalue weighted by atomic mass is 9.87. The Morgan fingerprint density at radius 2 is 2.06 bits per heavy atom. The molecule has 1 amide bonds. The molecule has 0 radical (unpaired) electrons. The molecule has 1 N–H and O–H groups in total. The van der Waals surface area contributed by atoms with Crippen LogP contribution in [0.2, 0.25) is 5.02 Å². The zero-order chi connectivity index (χ0) is 11.9. The minimum atomic E-state index is -0.160. The van der Waals surface area contributed by atoms with Crippen LogP contribution in [0.25, 0.3) is 0 Å². The van der Waals surface area contributed by atoms with Gasteiger partial charge in [0.05, 0.1) is 16.1 Å². The molecule has 0 bridgehead atoms. The fraction of sp³-hybridized carbons (Fsp3) is 0.462. The second-order valence-corrected chi connectivity index (χ2v) is 6.27. The van der Waals surface area contributed by atoms with Gasteiger partial charge >= 0.3 is 0 Å². The molecule has 1 fully saturated rings. The van der Waals surface area contributed by atoms with E-state index in [1.54, 1.807) is 11.8 Å². The number of hydrogen-bond donors (Lipinski definition) is 1. The van der Waals surface area contributed by atoms with Crippen molar-refractivity contribution >= 4 is 35.0 Å². The van der Waals surface area contributed by atoms with Crippen molar-refractivity contribution in [1.82, 2.24) is 0 Å². The van der Waals surface area contributed by atoms with Crippen LogP contribution >= 0.6 is 23.4 Å². The molecule has 0 saturated heterocycles. The maximum atomic E-state index is 12.4. The molecular formula is C13H14ClNOS. The van der Waals surface area contributed by atoms with Crippen LogP contribution in [-0.2, 0) is 4.79 Å². The normalized spacial score (nSPS) is 22.1. The van der Waals surface area contributed by atoms with E-state index >= 15 is 0 Å². The minimum absolute atomic E-state index is 0.160. The summed E-state index contributed by atoms with van der Waals surface area (Å²) in [5.74, 6) is 1.04. The van der Waals surface area contributed by atoms with Gasteiger partial charge in [0.15, 0.2) is 0 Å². The summed E-state index contributed by atoms with van der Waals surface area (Å²) >= 11 is 7.90. The summed E-state index contributed by atoms with van der Waals surface area (Å²) in [5.41, 5.74) is 0.639. The van der Waals surface area contributed by atoms with E-state index in [2.05, 4.69) is 5.32 Å². The third-order valence-electron chi connectivity index (χ3n) is 3.76. The molecule has 3 rings (SSSR count). The number of carbonyl (C=O) groups excluding carboxylic acids is 1. The van der Waals surface area contributed by atoms with Gasteiger partial charge in [0.2, 0.25) is 5.91 Å². The number of thioether (sulfide) groups is 1. The van der Waals surface area contributed by atoms with Crippen molar-refractivity contribution < 1.29 is 4.79 Å². The topological polar surface area (TPSA) is 29.1 Å². The molecule has 1 aromatic carbocycles. The van der Waals surface area contributed by atoms with Crippen molar-refractivity contribution in [2.45, 2.75) is 30.6 Å². The van der Waals surface area contributed by atoms with E-state index in [9.17, 15) is 4.79 Å². The molecule has 1 saturated carbocycles. The van der Waals surface area contributed by atoms with Crippen LogP contribution in [0.1, 0.15) is 25.7 Å². The minimum Gasteiger partial charge on any atom is -0.323 e. The Kier molecular flexibility index (Phi) is 2.83. The Hall–Kier alpha value is -0.670. The van der Waals surface area contributed by atoms with Crippen molar-refractivity contribution in [3.05, 3.63) is 23.2 Å². The van der Waals surface area contributed by atoms with Gasteiger partial charge in [0, 0.05) is 10.6 Å². The molecule has 2 nitrogen and oxygen atoms in total. The van der Waals surface area contributed by atoms with Gasteiger partial charge in [-0.3, -0.25) is 4.79 Å². The Bertz CT molecular complexity index is 468. The average molecular weight is 268 g/mol. The summed E-state index contributed by atoms with van der Waals surface area (Å²) < 4.78 is 0. The summed E-state index contributed by atoms with van der Waals surface area (Å²) in [6.45, 7) is 0. The van der Waals surface area contributed by atoms with Gasteiger partial charge in [-0.1, -0.05) is 30.5 Å². The Balaban J connectivity index is 1.99. The smallest absolute Gasteiger partial charge is 0.231 e. The van der Waals surface area contributed by atoms with Crippen LogP contribution in [-0.4, -0.2) is 11.7 Å². The number of hydrogen-bond acceptors (Lipinski definition) is 2. The first kappa shape index (κ1) is 11.4. The highest BCUT2D eigenvalue weighted by molar-refractivity contribution is 7.99. The highest BCUT2D eigenvalue weighted by Crippen LogP contribution is 2.47. The van der Waals surface area contributed by atoms with Crippen molar-refractivity contribution in [1.29, 1.82) is 0 Å². The Morgan fingerprint density at radius 3 is 2.82 bits per heavy atom. The van der Waals surface area contributed by atoms with E-state index < -0.39 is 0 Å². The molecule has 0 aromatic heterocycles. The number of rotatable bonds is 0. The summed E-state index contributed by atoms with van der Waals surface area (Å²) in [4.78, 5) is 13.5. The maximum Gasteiger partial charge on any atom is 0.231 e. The number of para-hydroxylation sites is 1. The number of fused-ring (bicyclic) bond motifs is 1. The van der Waals surface area contributed by atoms with E-state index in [0.717, 1.165) is 42.0 Å². The standard InChI is InChI=1S/C13H14ClNOS/c14-9-4-3-5-10-11(9)15-12(16)13(8-17-10)6-1-2-7-13/h3-5H,1-2,6-8H2,(H,15,16). The molecule has 2 aliphatic rings. The van der Waals surface area contributed by atoms with Crippen LogP contribution in [0.5, 0.6) is 0 Å². The lowest BCUT2D eigenvalue weighted by molar-refractivity contribution is -0.124. The monoisotopic (exact) mass is 267 g/mol. The zero-order valence-electron chi connectivity index (χ0n) is 9.46. The number of halogens is 1. The van der Waals surface area contributed by atoms with Crippen molar-refractivity contribution in [3.63, 3.8) is 0 Å². The van der Waals surface area contributed by atoms with Crippen LogP contribution in [0.3, 0.4) is 0 Å². The highest BCUT2D eigenvalue weighted by atomic mass is 35.5. The molecule has 17 heavy (non-hydrogen) atoms. The molecule has 1 aliphatic carbocycles. The second-order valence-electron chi connectivity index (χ2n) is 4.84. The SMILES string of the molecule is O=C1Nc2c(Cl)cccc2SCC12CCCC2. The third-order valence-corrected chi connectivity index (χ3v) is 5.42. The van der Waals surface area contributed by atoms with Crippen LogP contribution < -0.4 is 5.32 Å². The van der Waals surface area contributed by atoms with Gasteiger partial charge in [-0.15, -0.1) is 11.8 Å². The number of amides is 1. The predicted octanol–water partition coefficient (Wildman–Crippen LogP) is 3.94. The van der Waals surface area contributed by atoms with Crippen molar-refractivity contribution in [3.8, 4) is 0 Å². The number of carbonyl (C=O) groups is 1. The first-order valence-corrected chi connectivity index (χ1v) is 7.30. The molecule has 1 heterocycles. The molecular weight excluding hydrogens is 254 g/mol. The maximum absolute atomic E-state index is 12.4. The largest absolute Gasteiger partial charge is 0.323 e. The van der Waals surface area contributed by atoms with Gasteiger partial charge in [0.1, 0.15) is 0 Å². The van der Waals surface area contributed by atoms with Crippen LogP contribution in [0, 0.1) is 5.41 Å². The number of nitrogens with one attached hydrogen (secondary N) is 1. The lowest BCUT2D eigenvalue weighted by Gasteiger charge is -2.24. The number of benzene rings is 1. The lowest BCUT2D eigenvalue weighted by Crippen LogP contribution is -2.34. The summed E-state index contributed by atoms with van der Waals surface area (Å²) in [5, 5.41) is 3.67. The second kappa shape index (κ2) is 4.21. The predicted molar refractivity (Wildman–Crippen MR) is 71.7 cm³/mol. The van der Waals surface area contributed by atoms with E-state index in [1.807, 2.05) is 18.2 Å². The fourth-order valence-electron chi connectivity index (χ4n) is 2.70.